The van der Waals surface area contributed by atoms with Crippen LogP contribution in [-0.4, -0.2) is 19.2 Å². The van der Waals surface area contributed by atoms with E-state index in [2.05, 4.69) is 24.1 Å². The lowest BCUT2D eigenvalue weighted by molar-refractivity contribution is -0.688. The van der Waals surface area contributed by atoms with Crippen LogP contribution >= 0.6 is 11.6 Å². The molecule has 0 aromatic heterocycles. The van der Waals surface area contributed by atoms with E-state index in [9.17, 15) is 0 Å². The van der Waals surface area contributed by atoms with E-state index in [1.165, 1.54) is 25.7 Å². The van der Waals surface area contributed by atoms with E-state index >= 15 is 0 Å². The van der Waals surface area contributed by atoms with E-state index in [1.807, 2.05) is 24.3 Å². The molecule has 1 aromatic rings. The number of quaternary nitrogens is 1. The second kappa shape index (κ2) is 8.19. The fourth-order valence-corrected chi connectivity index (χ4v) is 2.80. The van der Waals surface area contributed by atoms with Crippen LogP contribution in [0.3, 0.4) is 0 Å². The summed E-state index contributed by atoms with van der Waals surface area (Å²) < 4.78 is 5.53. The van der Waals surface area contributed by atoms with Crippen LogP contribution in [0.15, 0.2) is 24.3 Å². The third-order valence-corrected chi connectivity index (χ3v) is 4.20. The van der Waals surface area contributed by atoms with Crippen molar-refractivity contribution in [2.24, 2.45) is 5.92 Å². The van der Waals surface area contributed by atoms with E-state index in [1.54, 1.807) is 0 Å². The standard InChI is InChI=1S/C17H22ClNO/c1-14-6-2-3-7-17(14)19-12-4-5-13-20-16-10-8-15(18)9-11-16/h8-11,14,17,19H,2-3,6-7,12-13H2,1H3/p+1/t14-,17-/m0/s1. The van der Waals surface area contributed by atoms with Crippen molar-refractivity contribution in [2.45, 2.75) is 38.6 Å². The van der Waals surface area contributed by atoms with Gasteiger partial charge >= 0.3 is 0 Å². The fourth-order valence-electron chi connectivity index (χ4n) is 2.68. The lowest BCUT2D eigenvalue weighted by Gasteiger charge is -2.25. The van der Waals surface area contributed by atoms with Crippen molar-refractivity contribution < 1.29 is 10.1 Å². The zero-order chi connectivity index (χ0) is 14.2. The SMILES string of the molecule is C[C@H]1CCCC[C@@H]1[NH2+]CC#CCOc1ccc(Cl)cc1. The second-order valence-corrected chi connectivity index (χ2v) is 5.90. The molecule has 3 heteroatoms. The lowest BCUT2D eigenvalue weighted by atomic mass is 9.86. The summed E-state index contributed by atoms with van der Waals surface area (Å²) in [5, 5.41) is 3.11. The molecule has 0 amide bonds. The summed E-state index contributed by atoms with van der Waals surface area (Å²) in [6.45, 7) is 3.67. The Morgan fingerprint density at radius 3 is 2.70 bits per heavy atom. The van der Waals surface area contributed by atoms with Gasteiger partial charge in [-0.15, -0.1) is 0 Å². The maximum atomic E-state index is 5.81. The van der Waals surface area contributed by atoms with Crippen molar-refractivity contribution in [3.05, 3.63) is 29.3 Å². The first-order chi connectivity index (χ1) is 9.75. The number of hydrogen-bond acceptors (Lipinski definition) is 1. The molecular weight excluding hydrogens is 270 g/mol. The minimum atomic E-state index is 0.440. The van der Waals surface area contributed by atoms with Crippen molar-refractivity contribution in [3.8, 4) is 17.6 Å². The molecule has 2 atom stereocenters. The van der Waals surface area contributed by atoms with Gasteiger partial charge in [-0.3, -0.25) is 0 Å². The van der Waals surface area contributed by atoms with Gasteiger partial charge in [-0.2, -0.15) is 0 Å². The average molecular weight is 293 g/mol. The van der Waals surface area contributed by atoms with Crippen LogP contribution in [0.5, 0.6) is 5.75 Å². The Labute approximate surface area is 126 Å². The van der Waals surface area contributed by atoms with Gasteiger partial charge in [0.15, 0.2) is 0 Å². The molecule has 1 fully saturated rings. The summed E-state index contributed by atoms with van der Waals surface area (Å²) in [5.74, 6) is 7.89. The van der Waals surface area contributed by atoms with Gasteiger partial charge in [-0.1, -0.05) is 30.9 Å². The minimum Gasteiger partial charge on any atom is -0.481 e. The molecule has 108 valence electrons. The smallest absolute Gasteiger partial charge is 0.149 e. The van der Waals surface area contributed by atoms with Gasteiger partial charge in [0.05, 0.1) is 6.04 Å². The molecule has 20 heavy (non-hydrogen) atoms. The van der Waals surface area contributed by atoms with Crippen molar-refractivity contribution in [2.75, 3.05) is 13.2 Å². The summed E-state index contributed by atoms with van der Waals surface area (Å²) >= 11 is 5.81. The predicted molar refractivity (Wildman–Crippen MR) is 82.9 cm³/mol. The molecule has 1 aliphatic rings. The molecule has 1 saturated carbocycles. The Morgan fingerprint density at radius 2 is 1.95 bits per heavy atom. The number of ether oxygens (including phenoxy) is 1. The van der Waals surface area contributed by atoms with Crippen LogP contribution in [-0.2, 0) is 0 Å². The predicted octanol–water partition coefficient (Wildman–Crippen LogP) is 2.86. The summed E-state index contributed by atoms with van der Waals surface area (Å²) in [5.41, 5.74) is 0. The zero-order valence-electron chi connectivity index (χ0n) is 12.1. The minimum absolute atomic E-state index is 0.440. The maximum absolute atomic E-state index is 5.81. The van der Waals surface area contributed by atoms with Crippen LogP contribution in [0.4, 0.5) is 0 Å². The maximum Gasteiger partial charge on any atom is 0.149 e. The topological polar surface area (TPSA) is 25.8 Å². The molecule has 0 spiro atoms. The normalized spacial score (nSPS) is 21.9. The monoisotopic (exact) mass is 292 g/mol. The molecule has 1 aliphatic carbocycles. The summed E-state index contributed by atoms with van der Waals surface area (Å²) in [4.78, 5) is 0. The number of nitrogens with two attached hydrogens (primary N) is 1. The number of rotatable bonds is 4. The van der Waals surface area contributed by atoms with Gasteiger partial charge in [-0.05, 0) is 49.4 Å². The van der Waals surface area contributed by atoms with E-state index < -0.39 is 0 Å². The molecule has 2 nitrogen and oxygen atoms in total. The Kier molecular flexibility index (Phi) is 6.24. The van der Waals surface area contributed by atoms with Gasteiger partial charge < -0.3 is 10.1 Å². The second-order valence-electron chi connectivity index (χ2n) is 5.46. The molecule has 2 rings (SSSR count). The third kappa shape index (κ3) is 5.07. The molecule has 2 N–H and O–H groups in total. The molecule has 0 radical (unpaired) electrons. The largest absolute Gasteiger partial charge is 0.481 e. The van der Waals surface area contributed by atoms with E-state index in [4.69, 9.17) is 16.3 Å². The molecular formula is C17H23ClNO+. The van der Waals surface area contributed by atoms with Gasteiger partial charge in [0.1, 0.15) is 18.9 Å². The molecule has 0 saturated heterocycles. The van der Waals surface area contributed by atoms with Crippen LogP contribution in [0.2, 0.25) is 5.02 Å². The van der Waals surface area contributed by atoms with Crippen molar-refractivity contribution in [3.63, 3.8) is 0 Å². The van der Waals surface area contributed by atoms with E-state index in [-0.39, 0.29) is 0 Å². The quantitative estimate of drug-likeness (QED) is 0.849. The first-order valence-electron chi connectivity index (χ1n) is 7.43. The Morgan fingerprint density at radius 1 is 1.20 bits per heavy atom. The summed E-state index contributed by atoms with van der Waals surface area (Å²) in [7, 11) is 0. The average Bonchev–Trinajstić information content (AvgIpc) is 2.46. The first-order valence-corrected chi connectivity index (χ1v) is 7.81. The molecule has 0 bridgehead atoms. The highest BCUT2D eigenvalue weighted by Gasteiger charge is 2.23. The highest BCUT2D eigenvalue weighted by molar-refractivity contribution is 6.30. The summed E-state index contributed by atoms with van der Waals surface area (Å²) in [6, 6.07) is 8.13. The number of benzene rings is 1. The van der Waals surface area contributed by atoms with Gasteiger partial charge in [-0.25, -0.2) is 0 Å². The summed E-state index contributed by atoms with van der Waals surface area (Å²) in [6.07, 6.45) is 5.48. The Hall–Kier alpha value is -1.17. The first kappa shape index (κ1) is 15.2. The van der Waals surface area contributed by atoms with Crippen LogP contribution in [0.1, 0.15) is 32.6 Å². The van der Waals surface area contributed by atoms with Crippen LogP contribution in [0, 0.1) is 17.8 Å². The van der Waals surface area contributed by atoms with E-state index in [0.717, 1.165) is 29.3 Å². The van der Waals surface area contributed by atoms with Crippen molar-refractivity contribution >= 4 is 11.6 Å². The highest BCUT2D eigenvalue weighted by Crippen LogP contribution is 2.21. The van der Waals surface area contributed by atoms with Crippen molar-refractivity contribution in [1.29, 1.82) is 0 Å². The number of halogens is 1. The van der Waals surface area contributed by atoms with Crippen LogP contribution < -0.4 is 10.1 Å². The molecule has 1 aromatic carbocycles. The Balaban J connectivity index is 1.63. The molecule has 0 heterocycles. The third-order valence-electron chi connectivity index (χ3n) is 3.95. The van der Waals surface area contributed by atoms with Gasteiger partial charge in [0, 0.05) is 10.9 Å². The lowest BCUT2D eigenvalue weighted by Crippen LogP contribution is -2.91. The van der Waals surface area contributed by atoms with Crippen molar-refractivity contribution in [1.82, 2.24) is 0 Å². The molecule has 0 unspecified atom stereocenters. The van der Waals surface area contributed by atoms with Gasteiger partial charge in [0.25, 0.3) is 0 Å². The highest BCUT2D eigenvalue weighted by atomic mass is 35.5. The van der Waals surface area contributed by atoms with Gasteiger partial charge in [0.2, 0.25) is 0 Å². The Bertz CT molecular complexity index is 460. The van der Waals surface area contributed by atoms with Crippen LogP contribution in [0.25, 0.3) is 0 Å². The zero-order valence-corrected chi connectivity index (χ0v) is 12.8. The van der Waals surface area contributed by atoms with E-state index in [0.29, 0.717) is 6.61 Å². The molecule has 0 aliphatic heterocycles. The number of hydrogen-bond donors (Lipinski definition) is 1. The fraction of sp³-hybridized carbons (Fsp3) is 0.529.